The van der Waals surface area contributed by atoms with E-state index >= 15 is 4.39 Å². The van der Waals surface area contributed by atoms with Gasteiger partial charge in [-0.3, -0.25) is 14.4 Å². The van der Waals surface area contributed by atoms with Crippen LogP contribution in [0.25, 0.3) is 0 Å². The average Bonchev–Trinajstić information content (AvgIpc) is 2.94. The first-order valence-electron chi connectivity index (χ1n) is 10.9. The molecule has 0 spiro atoms. The zero-order valence-corrected chi connectivity index (χ0v) is 17.9. The summed E-state index contributed by atoms with van der Waals surface area (Å²) in [7, 11) is 0. The van der Waals surface area contributed by atoms with Crippen LogP contribution in [0.15, 0.2) is 11.6 Å². The molecule has 0 aromatic heterocycles. The Kier molecular flexibility index (Phi) is 4.83. The van der Waals surface area contributed by atoms with E-state index in [1.54, 1.807) is 13.0 Å². The van der Waals surface area contributed by atoms with Crippen molar-refractivity contribution in [3.05, 3.63) is 11.6 Å². The second-order valence-electron chi connectivity index (χ2n) is 10.2. The number of ether oxygens (including phenoxy) is 1. The van der Waals surface area contributed by atoms with Crippen LogP contribution in [0, 0.1) is 22.7 Å². The Morgan fingerprint density at radius 3 is 2.57 bits per heavy atom. The molecule has 4 rings (SSSR count). The number of alkyl halides is 1. The average molecular weight is 422 g/mol. The van der Waals surface area contributed by atoms with Crippen LogP contribution >= 0.6 is 0 Å². The minimum atomic E-state index is -1.91. The maximum Gasteiger partial charge on any atom is 0.303 e. The van der Waals surface area contributed by atoms with Crippen LogP contribution in [0.3, 0.4) is 0 Å². The Morgan fingerprint density at radius 1 is 1.20 bits per heavy atom. The molecule has 4 aliphatic rings. The van der Waals surface area contributed by atoms with Gasteiger partial charge < -0.3 is 14.9 Å². The van der Waals surface area contributed by atoms with Gasteiger partial charge in [0.2, 0.25) is 5.78 Å². The van der Waals surface area contributed by atoms with E-state index in [0.29, 0.717) is 25.7 Å². The van der Waals surface area contributed by atoms with Gasteiger partial charge in [0.15, 0.2) is 12.4 Å². The molecule has 7 heteroatoms. The molecule has 3 fully saturated rings. The van der Waals surface area contributed by atoms with Crippen LogP contribution in [-0.4, -0.2) is 51.7 Å². The number of Topliss-reactive ketones (excluding diaryl/α,β-unsaturated/α-hetero) is 1. The highest BCUT2D eigenvalue weighted by molar-refractivity contribution is 5.92. The van der Waals surface area contributed by atoms with Crippen molar-refractivity contribution in [2.75, 3.05) is 6.61 Å². The van der Waals surface area contributed by atoms with Gasteiger partial charge in [-0.2, -0.15) is 0 Å². The highest BCUT2D eigenvalue weighted by atomic mass is 19.1. The standard InChI is InChI=1S/C23H31FO6/c1-13(25)30-12-19(28)22(29)9-7-16-17-5-4-14-10-15(26)6-8-20(14,2)23(17,24)18(27)11-21(16,22)3/h10,16-18,27,29H,4-9,11-12H2,1-3H3/t16-,17-,18-,20+,21+,22-,23-/m1/s1. The first kappa shape index (κ1) is 21.6. The SMILES string of the molecule is CC(=O)OCC(=O)[C@]1(O)CC[C@@H]2[C@H]3CCC4=CC(=O)CC[C@]4(C)[C@]3(F)[C@H](O)C[C@@]21C. The zero-order valence-electron chi connectivity index (χ0n) is 17.9. The van der Waals surface area contributed by atoms with E-state index in [-0.39, 0.29) is 31.0 Å². The topological polar surface area (TPSA) is 101 Å². The smallest absolute Gasteiger partial charge is 0.303 e. The summed E-state index contributed by atoms with van der Waals surface area (Å²) >= 11 is 0. The zero-order chi connectivity index (χ0) is 22.1. The molecule has 2 N–H and O–H groups in total. The number of carbonyl (C=O) groups is 3. The fourth-order valence-electron chi connectivity index (χ4n) is 7.32. The van der Waals surface area contributed by atoms with E-state index in [9.17, 15) is 24.6 Å². The molecule has 0 aromatic rings. The van der Waals surface area contributed by atoms with Crippen molar-refractivity contribution in [2.45, 2.75) is 83.1 Å². The molecule has 0 bridgehead atoms. The number of allylic oxidation sites excluding steroid dienone is 1. The van der Waals surface area contributed by atoms with Crippen LogP contribution in [0.5, 0.6) is 0 Å². The van der Waals surface area contributed by atoms with Crippen LogP contribution in [0.2, 0.25) is 0 Å². The summed E-state index contributed by atoms with van der Waals surface area (Å²) in [6.07, 6.45) is 2.45. The summed E-state index contributed by atoms with van der Waals surface area (Å²) in [5.74, 6) is -1.99. The fraction of sp³-hybridized carbons (Fsp3) is 0.783. The van der Waals surface area contributed by atoms with E-state index in [1.807, 2.05) is 6.92 Å². The number of halogens is 1. The van der Waals surface area contributed by atoms with Gasteiger partial charge in [0.05, 0.1) is 6.10 Å². The highest BCUT2D eigenvalue weighted by Crippen LogP contribution is 2.70. The van der Waals surface area contributed by atoms with Crippen molar-refractivity contribution in [1.82, 2.24) is 0 Å². The molecule has 0 radical (unpaired) electrons. The lowest BCUT2D eigenvalue weighted by molar-refractivity contribution is -0.227. The molecule has 4 aliphatic carbocycles. The lowest BCUT2D eigenvalue weighted by atomic mass is 9.44. The molecule has 0 aromatic carbocycles. The molecule has 0 heterocycles. The van der Waals surface area contributed by atoms with Crippen molar-refractivity contribution < 1.29 is 33.7 Å². The van der Waals surface area contributed by atoms with Crippen molar-refractivity contribution >= 4 is 17.5 Å². The third-order valence-electron chi connectivity index (χ3n) is 9.06. The predicted molar refractivity (Wildman–Crippen MR) is 105 cm³/mol. The number of esters is 1. The third kappa shape index (κ3) is 2.57. The molecule has 7 atom stereocenters. The fourth-order valence-corrected chi connectivity index (χ4v) is 7.32. The summed E-state index contributed by atoms with van der Waals surface area (Å²) in [5.41, 5.74) is -4.83. The van der Waals surface area contributed by atoms with Crippen LogP contribution in [0.1, 0.15) is 65.7 Å². The van der Waals surface area contributed by atoms with E-state index < -0.39 is 52.5 Å². The van der Waals surface area contributed by atoms with E-state index in [4.69, 9.17) is 4.74 Å². The van der Waals surface area contributed by atoms with Crippen molar-refractivity contribution in [3.8, 4) is 0 Å². The second-order valence-corrected chi connectivity index (χ2v) is 10.2. The first-order valence-corrected chi connectivity index (χ1v) is 10.9. The number of aliphatic hydroxyl groups excluding tert-OH is 1. The van der Waals surface area contributed by atoms with Gasteiger partial charge >= 0.3 is 5.97 Å². The molecule has 30 heavy (non-hydrogen) atoms. The summed E-state index contributed by atoms with van der Waals surface area (Å²) < 4.78 is 21.8. The largest absolute Gasteiger partial charge is 0.458 e. The lowest BCUT2D eigenvalue weighted by Crippen LogP contribution is -2.69. The van der Waals surface area contributed by atoms with Gasteiger partial charge in [-0.15, -0.1) is 0 Å². The molecule has 0 amide bonds. The molecule has 0 unspecified atom stereocenters. The minimum absolute atomic E-state index is 0.00553. The maximum atomic E-state index is 16.9. The van der Waals surface area contributed by atoms with Crippen molar-refractivity contribution in [2.24, 2.45) is 22.7 Å². The van der Waals surface area contributed by atoms with E-state index in [1.165, 1.54) is 6.92 Å². The van der Waals surface area contributed by atoms with Crippen molar-refractivity contribution in [3.63, 3.8) is 0 Å². The van der Waals surface area contributed by atoms with E-state index in [0.717, 1.165) is 5.57 Å². The van der Waals surface area contributed by atoms with Gasteiger partial charge in [0.25, 0.3) is 0 Å². The monoisotopic (exact) mass is 422 g/mol. The Hall–Kier alpha value is -1.60. The normalized spacial score (nSPS) is 47.6. The third-order valence-corrected chi connectivity index (χ3v) is 9.06. The predicted octanol–water partition coefficient (Wildman–Crippen LogP) is 2.44. The number of rotatable bonds is 3. The van der Waals surface area contributed by atoms with Gasteiger partial charge in [0.1, 0.15) is 11.3 Å². The highest BCUT2D eigenvalue weighted by Gasteiger charge is 2.74. The van der Waals surface area contributed by atoms with Gasteiger partial charge in [-0.05, 0) is 50.5 Å². The van der Waals surface area contributed by atoms with Crippen LogP contribution in [-0.2, 0) is 19.1 Å². The maximum absolute atomic E-state index is 16.9. The quantitative estimate of drug-likeness (QED) is 0.678. The molecule has 0 saturated heterocycles. The Morgan fingerprint density at radius 2 is 1.90 bits per heavy atom. The Balaban J connectivity index is 1.71. The summed E-state index contributed by atoms with van der Waals surface area (Å²) in [6, 6.07) is 0. The summed E-state index contributed by atoms with van der Waals surface area (Å²) in [4.78, 5) is 35.9. The number of aliphatic hydroxyl groups is 2. The Labute approximate surface area is 175 Å². The number of hydrogen-bond donors (Lipinski definition) is 2. The molecular formula is C23H31FO6. The number of fused-ring (bicyclic) bond motifs is 5. The van der Waals surface area contributed by atoms with Gasteiger partial charge in [-0.25, -0.2) is 4.39 Å². The summed E-state index contributed by atoms with van der Waals surface area (Å²) in [5, 5.41) is 22.6. The molecule has 3 saturated carbocycles. The van der Waals surface area contributed by atoms with Crippen molar-refractivity contribution in [1.29, 1.82) is 0 Å². The van der Waals surface area contributed by atoms with Crippen LogP contribution < -0.4 is 0 Å². The minimum Gasteiger partial charge on any atom is -0.458 e. The number of carbonyl (C=O) groups excluding carboxylic acids is 3. The van der Waals surface area contributed by atoms with E-state index in [2.05, 4.69) is 0 Å². The van der Waals surface area contributed by atoms with Gasteiger partial charge in [-0.1, -0.05) is 19.4 Å². The molecule has 6 nitrogen and oxygen atoms in total. The Bertz CT molecular complexity index is 838. The molecule has 0 aliphatic heterocycles. The number of ketones is 2. The van der Waals surface area contributed by atoms with Gasteiger partial charge in [0, 0.05) is 30.1 Å². The number of hydrogen-bond acceptors (Lipinski definition) is 6. The second kappa shape index (κ2) is 6.70. The summed E-state index contributed by atoms with van der Waals surface area (Å²) in [6.45, 7) is 4.25. The molecule has 166 valence electrons. The first-order chi connectivity index (χ1) is 13.9. The molecular weight excluding hydrogens is 391 g/mol. The lowest BCUT2D eigenvalue weighted by Gasteiger charge is -2.63. The van der Waals surface area contributed by atoms with Crippen LogP contribution in [0.4, 0.5) is 4.39 Å².